The normalized spacial score (nSPS) is 7.67. The van der Waals surface area contributed by atoms with Gasteiger partial charge >= 0.3 is 5.69 Å². The number of halogens is 1. The average molecular weight is 223 g/mol. The number of aromatic hydroxyl groups is 1. The van der Waals surface area contributed by atoms with Crippen molar-refractivity contribution in [3.05, 3.63) is 34.4 Å². The Morgan fingerprint density at radius 1 is 1.33 bits per heavy atom. The van der Waals surface area contributed by atoms with Gasteiger partial charge in [-0.05, 0) is 6.07 Å². The van der Waals surface area contributed by atoms with Crippen molar-refractivity contribution < 1.29 is 31.7 Å². The third kappa shape index (κ3) is 3.21. The summed E-state index contributed by atoms with van der Waals surface area (Å²) in [6.07, 6.45) is 0. The van der Waals surface area contributed by atoms with Gasteiger partial charge < -0.3 is 5.11 Å². The number of nitro benzene ring substituents is 1. The second kappa shape index (κ2) is 6.00. The Morgan fingerprint density at radius 3 is 2.17 bits per heavy atom. The molecule has 1 aromatic carbocycles. The summed E-state index contributed by atoms with van der Waals surface area (Å²) in [5.41, 5.74) is -0.262. The molecule has 0 aliphatic carbocycles. The van der Waals surface area contributed by atoms with Gasteiger partial charge in [0.25, 0.3) is 0 Å². The van der Waals surface area contributed by atoms with Crippen LogP contribution < -0.4 is 0 Å². The number of phenolic OH excluding ortho intramolecular Hbond substituents is 1. The second-order valence-electron chi connectivity index (χ2n) is 1.75. The van der Waals surface area contributed by atoms with Crippen molar-refractivity contribution in [3.8, 4) is 5.75 Å². The first-order valence-corrected chi connectivity index (χ1v) is 2.64. The molecular weight excluding hydrogens is 217 g/mol. The summed E-state index contributed by atoms with van der Waals surface area (Å²) >= 11 is 0. The van der Waals surface area contributed by atoms with Crippen molar-refractivity contribution in [2.75, 3.05) is 0 Å². The molecule has 0 heterocycles. The average Bonchev–Trinajstić information content (AvgIpc) is 1.88. The minimum absolute atomic E-state index is 0. The largest absolute Gasteiger partial charge is 0.502 e. The molecule has 0 radical (unpaired) electrons. The SMILES string of the molecule is Cl.O=[N+]([O-])c1ccccc1O.[Ti]. The Balaban J connectivity index is 0. The second-order valence-corrected chi connectivity index (χ2v) is 1.75. The van der Waals surface area contributed by atoms with Crippen LogP contribution in [0.1, 0.15) is 0 Å². The zero-order chi connectivity index (χ0) is 7.56. The van der Waals surface area contributed by atoms with E-state index in [0.717, 1.165) is 0 Å². The Morgan fingerprint density at radius 2 is 1.83 bits per heavy atom. The molecular formula is C6H6ClNO3Ti. The van der Waals surface area contributed by atoms with Crippen LogP contribution in [-0.4, -0.2) is 10.0 Å². The fourth-order valence-electron chi connectivity index (χ4n) is 0.619. The molecule has 0 unspecified atom stereocenters. The minimum Gasteiger partial charge on any atom is -0.502 e. The summed E-state index contributed by atoms with van der Waals surface area (Å²) in [6, 6.07) is 5.55. The molecule has 0 aliphatic heterocycles. The first-order chi connectivity index (χ1) is 4.72. The Labute approximate surface area is 90.0 Å². The molecule has 0 amide bonds. The van der Waals surface area contributed by atoms with E-state index in [1.165, 1.54) is 24.3 Å². The monoisotopic (exact) mass is 223 g/mol. The molecule has 64 valence electrons. The molecule has 0 aliphatic rings. The number of nitrogens with zero attached hydrogens (tertiary/aromatic N) is 1. The Kier molecular flexibility index (Phi) is 6.99. The van der Waals surface area contributed by atoms with Crippen LogP contribution in [0.4, 0.5) is 5.69 Å². The van der Waals surface area contributed by atoms with E-state index in [1.807, 2.05) is 0 Å². The predicted molar refractivity (Wildman–Crippen MR) is 42.0 cm³/mol. The van der Waals surface area contributed by atoms with Crippen LogP contribution in [0.15, 0.2) is 24.3 Å². The Hall–Kier alpha value is -0.576. The van der Waals surface area contributed by atoms with Crippen molar-refractivity contribution >= 4 is 18.1 Å². The van der Waals surface area contributed by atoms with Crippen LogP contribution in [0, 0.1) is 10.1 Å². The molecule has 0 atom stereocenters. The fraction of sp³-hybridized carbons (Fsp3) is 0. The summed E-state index contributed by atoms with van der Waals surface area (Å²) in [7, 11) is 0. The predicted octanol–water partition coefficient (Wildman–Crippen LogP) is 1.72. The standard InChI is InChI=1S/C6H5NO3.ClH.Ti/c8-6-4-2-1-3-5(6)7(9)10;;/h1-4,8H;1H;. The van der Waals surface area contributed by atoms with E-state index in [0.29, 0.717) is 0 Å². The molecule has 0 spiro atoms. The van der Waals surface area contributed by atoms with Crippen LogP contribution in [0.25, 0.3) is 0 Å². The van der Waals surface area contributed by atoms with E-state index in [2.05, 4.69) is 0 Å². The van der Waals surface area contributed by atoms with E-state index < -0.39 is 4.92 Å². The van der Waals surface area contributed by atoms with Crippen LogP contribution in [0.3, 0.4) is 0 Å². The third-order valence-corrected chi connectivity index (χ3v) is 1.08. The van der Waals surface area contributed by atoms with Crippen molar-refractivity contribution in [1.29, 1.82) is 0 Å². The molecule has 12 heavy (non-hydrogen) atoms. The zero-order valence-electron chi connectivity index (χ0n) is 5.93. The van der Waals surface area contributed by atoms with Gasteiger partial charge in [-0.1, -0.05) is 12.1 Å². The van der Waals surface area contributed by atoms with Crippen LogP contribution >= 0.6 is 12.4 Å². The molecule has 0 bridgehead atoms. The molecule has 0 saturated carbocycles. The number of benzene rings is 1. The Bertz CT molecular complexity index is 269. The summed E-state index contributed by atoms with van der Waals surface area (Å²) in [5, 5.41) is 18.9. The topological polar surface area (TPSA) is 63.4 Å². The molecule has 0 aromatic heterocycles. The van der Waals surface area contributed by atoms with Crippen molar-refractivity contribution in [2.45, 2.75) is 0 Å². The molecule has 1 aromatic rings. The molecule has 0 saturated heterocycles. The number of para-hydroxylation sites is 2. The summed E-state index contributed by atoms with van der Waals surface area (Å²) in [5.74, 6) is -0.299. The smallest absolute Gasteiger partial charge is 0.310 e. The van der Waals surface area contributed by atoms with E-state index >= 15 is 0 Å². The minimum atomic E-state index is -0.630. The number of rotatable bonds is 1. The van der Waals surface area contributed by atoms with Gasteiger partial charge in [-0.3, -0.25) is 10.1 Å². The van der Waals surface area contributed by atoms with Gasteiger partial charge in [-0.2, -0.15) is 0 Å². The van der Waals surface area contributed by atoms with Crippen molar-refractivity contribution in [3.63, 3.8) is 0 Å². The molecule has 4 nitrogen and oxygen atoms in total. The first kappa shape index (κ1) is 14.0. The molecule has 1 rings (SSSR count). The number of nitro groups is 1. The van der Waals surface area contributed by atoms with E-state index in [1.54, 1.807) is 0 Å². The summed E-state index contributed by atoms with van der Waals surface area (Å²) in [4.78, 5) is 9.44. The van der Waals surface area contributed by atoms with Gasteiger partial charge in [-0.25, -0.2) is 0 Å². The fourth-order valence-corrected chi connectivity index (χ4v) is 0.619. The van der Waals surface area contributed by atoms with E-state index in [9.17, 15) is 10.1 Å². The maximum Gasteiger partial charge on any atom is 0.310 e. The maximum atomic E-state index is 10.1. The van der Waals surface area contributed by atoms with Crippen molar-refractivity contribution in [2.24, 2.45) is 0 Å². The van der Waals surface area contributed by atoms with Gasteiger partial charge in [-0.15, -0.1) is 12.4 Å². The number of hydrogen-bond acceptors (Lipinski definition) is 3. The van der Waals surface area contributed by atoms with Gasteiger partial charge in [0.1, 0.15) is 0 Å². The van der Waals surface area contributed by atoms with E-state index in [-0.39, 0.29) is 45.6 Å². The van der Waals surface area contributed by atoms with E-state index in [4.69, 9.17) is 5.11 Å². The van der Waals surface area contributed by atoms with Crippen LogP contribution in [-0.2, 0) is 21.7 Å². The van der Waals surface area contributed by atoms with Crippen molar-refractivity contribution in [1.82, 2.24) is 0 Å². The zero-order valence-corrected chi connectivity index (χ0v) is 8.31. The summed E-state index contributed by atoms with van der Waals surface area (Å²) in [6.45, 7) is 0. The van der Waals surface area contributed by atoms with Gasteiger partial charge in [0.05, 0.1) is 4.92 Å². The number of phenols is 1. The third-order valence-electron chi connectivity index (χ3n) is 1.08. The van der Waals surface area contributed by atoms with Gasteiger partial charge in [0.2, 0.25) is 0 Å². The van der Waals surface area contributed by atoms with Gasteiger partial charge in [0.15, 0.2) is 5.75 Å². The summed E-state index contributed by atoms with van der Waals surface area (Å²) < 4.78 is 0. The molecule has 0 fully saturated rings. The molecule has 1 N–H and O–H groups in total. The van der Waals surface area contributed by atoms with Crippen LogP contribution in [0.2, 0.25) is 0 Å². The quantitative estimate of drug-likeness (QED) is 0.448. The van der Waals surface area contributed by atoms with Gasteiger partial charge in [0, 0.05) is 27.8 Å². The number of hydrogen-bond donors (Lipinski definition) is 1. The first-order valence-electron chi connectivity index (χ1n) is 2.64. The maximum absolute atomic E-state index is 10.1. The molecule has 6 heteroatoms. The van der Waals surface area contributed by atoms with Crippen LogP contribution in [0.5, 0.6) is 5.75 Å².